The Morgan fingerprint density at radius 3 is 2.12 bits per heavy atom. The van der Waals surface area contributed by atoms with Crippen molar-refractivity contribution < 1.29 is 9.59 Å². The van der Waals surface area contributed by atoms with Crippen LogP contribution >= 0.6 is 0 Å². The summed E-state index contributed by atoms with van der Waals surface area (Å²) in [5.74, 6) is 0.705. The average molecular weight is 430 g/mol. The van der Waals surface area contributed by atoms with E-state index in [1.807, 2.05) is 24.3 Å². The first-order valence-electron chi connectivity index (χ1n) is 10.8. The Labute approximate surface area is 187 Å². The van der Waals surface area contributed by atoms with Crippen molar-refractivity contribution in [3.8, 4) is 11.3 Å². The molecule has 3 aromatic rings. The third-order valence-corrected chi connectivity index (χ3v) is 5.73. The number of amides is 2. The van der Waals surface area contributed by atoms with E-state index >= 15 is 0 Å². The summed E-state index contributed by atoms with van der Waals surface area (Å²) >= 11 is 0. The van der Waals surface area contributed by atoms with E-state index in [4.69, 9.17) is 0 Å². The van der Waals surface area contributed by atoms with Gasteiger partial charge in [-0.05, 0) is 61.7 Å². The number of anilines is 3. The number of benzene rings is 2. The second-order valence-corrected chi connectivity index (χ2v) is 8.10. The Kier molecular flexibility index (Phi) is 6.44. The maximum atomic E-state index is 12.7. The fraction of sp³-hybridized carbons (Fsp3) is 0.280. The Bertz CT molecular complexity index is 1090. The van der Waals surface area contributed by atoms with E-state index in [1.54, 1.807) is 24.3 Å². The summed E-state index contributed by atoms with van der Waals surface area (Å²) in [5, 5.41) is 14.6. The largest absolute Gasteiger partial charge is 0.355 e. The molecule has 2 amide bonds. The molecular weight excluding hydrogens is 402 g/mol. The van der Waals surface area contributed by atoms with Crippen LogP contribution in [0.4, 0.5) is 17.2 Å². The lowest BCUT2D eigenvalue weighted by atomic mass is 9.95. The lowest BCUT2D eigenvalue weighted by Gasteiger charge is -2.31. The lowest BCUT2D eigenvalue weighted by molar-refractivity contribution is -0.120. The Morgan fingerprint density at radius 2 is 1.53 bits per heavy atom. The number of hydrogen-bond donors (Lipinski definition) is 2. The van der Waals surface area contributed by atoms with Crippen molar-refractivity contribution in [3.05, 3.63) is 66.2 Å². The highest BCUT2D eigenvalue weighted by Crippen LogP contribution is 2.25. The summed E-state index contributed by atoms with van der Waals surface area (Å²) < 4.78 is 0. The molecule has 7 nitrogen and oxygen atoms in total. The first kappa shape index (κ1) is 21.5. The SMILES string of the molecule is CC(=O)Nc1ccc(NC(=O)C2CCN(c3ccc(-c4ccccc4C)nn3)CC2)cc1. The van der Waals surface area contributed by atoms with Gasteiger partial charge in [0, 0.05) is 42.9 Å². The van der Waals surface area contributed by atoms with Crippen LogP contribution in [0.5, 0.6) is 0 Å². The molecule has 2 heterocycles. The number of aromatic nitrogens is 2. The molecule has 32 heavy (non-hydrogen) atoms. The van der Waals surface area contributed by atoms with Crippen LogP contribution in [0.2, 0.25) is 0 Å². The Morgan fingerprint density at radius 1 is 0.875 bits per heavy atom. The molecule has 1 saturated heterocycles. The molecule has 4 rings (SSSR count). The number of piperidine rings is 1. The van der Waals surface area contributed by atoms with Gasteiger partial charge < -0.3 is 15.5 Å². The Balaban J connectivity index is 1.31. The van der Waals surface area contributed by atoms with Crippen molar-refractivity contribution in [2.45, 2.75) is 26.7 Å². The predicted octanol–water partition coefficient (Wildman–Crippen LogP) is 4.27. The maximum absolute atomic E-state index is 12.7. The fourth-order valence-electron chi connectivity index (χ4n) is 3.95. The van der Waals surface area contributed by atoms with Crippen molar-refractivity contribution >= 4 is 29.0 Å². The van der Waals surface area contributed by atoms with E-state index in [-0.39, 0.29) is 17.7 Å². The molecule has 2 N–H and O–H groups in total. The summed E-state index contributed by atoms with van der Waals surface area (Å²) in [6.07, 6.45) is 1.52. The van der Waals surface area contributed by atoms with Crippen molar-refractivity contribution in [3.63, 3.8) is 0 Å². The van der Waals surface area contributed by atoms with E-state index in [9.17, 15) is 9.59 Å². The predicted molar refractivity (Wildman–Crippen MR) is 127 cm³/mol. The minimum absolute atomic E-state index is 0.0258. The molecule has 0 bridgehead atoms. The third kappa shape index (κ3) is 5.11. The number of hydrogen-bond acceptors (Lipinski definition) is 5. The highest BCUT2D eigenvalue weighted by atomic mass is 16.2. The van der Waals surface area contributed by atoms with E-state index in [2.05, 4.69) is 44.8 Å². The van der Waals surface area contributed by atoms with E-state index in [0.29, 0.717) is 5.69 Å². The minimum atomic E-state index is -0.122. The van der Waals surface area contributed by atoms with Gasteiger partial charge in [-0.15, -0.1) is 10.2 Å². The average Bonchev–Trinajstić information content (AvgIpc) is 2.81. The molecule has 0 radical (unpaired) electrons. The molecule has 164 valence electrons. The molecule has 0 saturated carbocycles. The highest BCUT2D eigenvalue weighted by molar-refractivity contribution is 5.93. The summed E-state index contributed by atoms with van der Waals surface area (Å²) in [4.78, 5) is 26.0. The summed E-state index contributed by atoms with van der Waals surface area (Å²) in [6.45, 7) is 5.06. The molecule has 0 aliphatic carbocycles. The van der Waals surface area contributed by atoms with Gasteiger partial charge in [-0.3, -0.25) is 9.59 Å². The number of carbonyl (C=O) groups excluding carboxylic acids is 2. The lowest BCUT2D eigenvalue weighted by Crippen LogP contribution is -2.38. The molecule has 1 aliphatic rings. The van der Waals surface area contributed by atoms with Gasteiger partial charge in [0.15, 0.2) is 5.82 Å². The maximum Gasteiger partial charge on any atom is 0.227 e. The van der Waals surface area contributed by atoms with E-state index in [1.165, 1.54) is 12.5 Å². The van der Waals surface area contributed by atoms with Gasteiger partial charge in [0.25, 0.3) is 0 Å². The topological polar surface area (TPSA) is 87.2 Å². The standard InChI is InChI=1S/C25H27N5O2/c1-17-5-3-4-6-22(17)23-11-12-24(29-28-23)30-15-13-19(14-16-30)25(32)27-21-9-7-20(8-10-21)26-18(2)31/h3-12,19H,13-16H2,1-2H3,(H,26,31)(H,27,32). The highest BCUT2D eigenvalue weighted by Gasteiger charge is 2.26. The van der Waals surface area contributed by atoms with Gasteiger partial charge in [0.2, 0.25) is 11.8 Å². The van der Waals surface area contributed by atoms with Crippen LogP contribution in [0, 0.1) is 12.8 Å². The molecule has 1 fully saturated rings. The molecular formula is C25H27N5O2. The first-order chi connectivity index (χ1) is 15.5. The van der Waals surface area contributed by atoms with Gasteiger partial charge >= 0.3 is 0 Å². The summed E-state index contributed by atoms with van der Waals surface area (Å²) in [7, 11) is 0. The minimum Gasteiger partial charge on any atom is -0.355 e. The zero-order valence-electron chi connectivity index (χ0n) is 18.3. The third-order valence-electron chi connectivity index (χ3n) is 5.73. The molecule has 0 spiro atoms. The van der Waals surface area contributed by atoms with Crippen molar-refractivity contribution in [2.75, 3.05) is 28.6 Å². The van der Waals surface area contributed by atoms with Crippen molar-refractivity contribution in [1.29, 1.82) is 0 Å². The van der Waals surface area contributed by atoms with Crippen molar-refractivity contribution in [1.82, 2.24) is 10.2 Å². The van der Waals surface area contributed by atoms with Gasteiger partial charge in [0.1, 0.15) is 0 Å². The summed E-state index contributed by atoms with van der Waals surface area (Å²) in [6, 6.07) is 19.3. The van der Waals surface area contributed by atoms with Gasteiger partial charge in [0.05, 0.1) is 5.69 Å². The van der Waals surface area contributed by atoms with Crippen LogP contribution in [0.1, 0.15) is 25.3 Å². The summed E-state index contributed by atoms with van der Waals surface area (Å²) in [5.41, 5.74) is 4.56. The van der Waals surface area contributed by atoms with Gasteiger partial charge in [-0.2, -0.15) is 0 Å². The van der Waals surface area contributed by atoms with Gasteiger partial charge in [-0.25, -0.2) is 0 Å². The smallest absolute Gasteiger partial charge is 0.227 e. The Hall–Kier alpha value is -3.74. The molecule has 7 heteroatoms. The quantitative estimate of drug-likeness (QED) is 0.633. The van der Waals surface area contributed by atoms with Gasteiger partial charge in [-0.1, -0.05) is 24.3 Å². The van der Waals surface area contributed by atoms with Crippen LogP contribution < -0.4 is 15.5 Å². The molecule has 0 unspecified atom stereocenters. The van der Waals surface area contributed by atoms with E-state index in [0.717, 1.165) is 48.7 Å². The molecule has 2 aromatic carbocycles. The molecule has 1 aliphatic heterocycles. The van der Waals surface area contributed by atoms with Crippen LogP contribution in [0.3, 0.4) is 0 Å². The van der Waals surface area contributed by atoms with Crippen LogP contribution in [0.15, 0.2) is 60.7 Å². The second-order valence-electron chi connectivity index (χ2n) is 8.10. The number of aryl methyl sites for hydroxylation is 1. The van der Waals surface area contributed by atoms with Crippen LogP contribution in [0.25, 0.3) is 11.3 Å². The zero-order chi connectivity index (χ0) is 22.5. The first-order valence-corrected chi connectivity index (χ1v) is 10.8. The number of nitrogens with one attached hydrogen (secondary N) is 2. The number of carbonyl (C=O) groups is 2. The monoisotopic (exact) mass is 429 g/mol. The number of rotatable bonds is 5. The normalized spacial score (nSPS) is 14.1. The molecule has 1 aromatic heterocycles. The van der Waals surface area contributed by atoms with E-state index < -0.39 is 0 Å². The molecule has 0 atom stereocenters. The van der Waals surface area contributed by atoms with Crippen molar-refractivity contribution in [2.24, 2.45) is 5.92 Å². The zero-order valence-corrected chi connectivity index (χ0v) is 18.3. The fourth-order valence-corrected chi connectivity index (χ4v) is 3.95. The van der Waals surface area contributed by atoms with Crippen LogP contribution in [-0.2, 0) is 9.59 Å². The van der Waals surface area contributed by atoms with Crippen LogP contribution in [-0.4, -0.2) is 35.1 Å². The number of nitrogens with zero attached hydrogens (tertiary/aromatic N) is 3. The second kappa shape index (κ2) is 9.60.